The van der Waals surface area contributed by atoms with Crippen LogP contribution in [0.2, 0.25) is 0 Å². The number of hydrogen-bond acceptors (Lipinski definition) is 2. The Bertz CT molecular complexity index is 391. The molecule has 1 aromatic rings. The first-order valence-electron chi connectivity index (χ1n) is 6.31. The molecule has 0 fully saturated rings. The molecule has 0 aliphatic carbocycles. The monoisotopic (exact) mass is 252 g/mol. The fraction of sp³-hybridized carbons (Fsp3) is 0.500. The molecule has 0 aromatic heterocycles. The number of benzene rings is 1. The first-order chi connectivity index (χ1) is 8.56. The highest BCUT2D eigenvalue weighted by atomic mass is 19.1. The minimum absolute atomic E-state index is 0.0379. The van der Waals surface area contributed by atoms with Gasteiger partial charge in [-0.2, -0.15) is 0 Å². The van der Waals surface area contributed by atoms with Crippen molar-refractivity contribution in [2.75, 3.05) is 6.54 Å². The lowest BCUT2D eigenvalue weighted by molar-refractivity contribution is -0.122. The summed E-state index contributed by atoms with van der Waals surface area (Å²) in [5.74, 6) is -0.115. The van der Waals surface area contributed by atoms with Gasteiger partial charge in [-0.25, -0.2) is 4.39 Å². The highest BCUT2D eigenvalue weighted by Gasteiger charge is 2.14. The third-order valence-corrected chi connectivity index (χ3v) is 3.11. The summed E-state index contributed by atoms with van der Waals surface area (Å²) in [5, 5.41) is 2.86. The van der Waals surface area contributed by atoms with Gasteiger partial charge in [0.25, 0.3) is 0 Å². The molecule has 1 rings (SSSR count). The molecule has 0 aliphatic heterocycles. The SMILES string of the molecule is CCC(CN)CC(=O)NC(C)c1cccc(F)c1. The molecule has 0 saturated heterocycles. The Morgan fingerprint density at radius 3 is 2.78 bits per heavy atom. The molecule has 0 heterocycles. The zero-order valence-corrected chi connectivity index (χ0v) is 10.9. The van der Waals surface area contributed by atoms with Crippen molar-refractivity contribution in [2.24, 2.45) is 11.7 Å². The van der Waals surface area contributed by atoms with Crippen molar-refractivity contribution in [3.05, 3.63) is 35.6 Å². The minimum atomic E-state index is -0.290. The van der Waals surface area contributed by atoms with Gasteiger partial charge >= 0.3 is 0 Å². The number of carbonyl (C=O) groups excluding carboxylic acids is 1. The largest absolute Gasteiger partial charge is 0.350 e. The van der Waals surface area contributed by atoms with Gasteiger partial charge in [-0.05, 0) is 37.1 Å². The highest BCUT2D eigenvalue weighted by Crippen LogP contribution is 2.14. The molecule has 0 aliphatic rings. The van der Waals surface area contributed by atoms with Crippen LogP contribution < -0.4 is 11.1 Å². The van der Waals surface area contributed by atoms with Crippen molar-refractivity contribution in [3.8, 4) is 0 Å². The molecule has 2 atom stereocenters. The Morgan fingerprint density at radius 2 is 2.22 bits per heavy atom. The second-order valence-electron chi connectivity index (χ2n) is 4.56. The molecule has 4 heteroatoms. The molecule has 2 unspecified atom stereocenters. The highest BCUT2D eigenvalue weighted by molar-refractivity contribution is 5.76. The molecular weight excluding hydrogens is 231 g/mol. The molecule has 0 spiro atoms. The van der Waals surface area contributed by atoms with Crippen LogP contribution in [0.5, 0.6) is 0 Å². The molecular formula is C14H21FN2O. The fourth-order valence-corrected chi connectivity index (χ4v) is 1.82. The summed E-state index contributed by atoms with van der Waals surface area (Å²) in [4.78, 5) is 11.8. The Hall–Kier alpha value is -1.42. The second kappa shape index (κ2) is 7.11. The van der Waals surface area contributed by atoms with Crippen LogP contribution in [0.3, 0.4) is 0 Å². The lowest BCUT2D eigenvalue weighted by Gasteiger charge is -2.17. The molecule has 0 radical (unpaired) electrons. The van der Waals surface area contributed by atoms with E-state index >= 15 is 0 Å². The number of nitrogens with two attached hydrogens (primary N) is 1. The van der Waals surface area contributed by atoms with E-state index in [9.17, 15) is 9.18 Å². The van der Waals surface area contributed by atoms with Crippen molar-refractivity contribution in [3.63, 3.8) is 0 Å². The number of halogens is 1. The van der Waals surface area contributed by atoms with Crippen molar-refractivity contribution < 1.29 is 9.18 Å². The number of nitrogens with one attached hydrogen (secondary N) is 1. The van der Waals surface area contributed by atoms with Crippen LogP contribution in [-0.2, 0) is 4.79 Å². The summed E-state index contributed by atoms with van der Waals surface area (Å²) in [6, 6.07) is 6.07. The molecule has 0 saturated carbocycles. The normalized spacial score (nSPS) is 14.0. The standard InChI is InChI=1S/C14H21FN2O/c1-3-11(9-16)7-14(18)17-10(2)12-5-4-6-13(15)8-12/h4-6,8,10-11H,3,7,9,16H2,1-2H3,(H,17,18). The predicted octanol–water partition coefficient (Wildman–Crippen LogP) is 2.38. The van der Waals surface area contributed by atoms with Crippen LogP contribution >= 0.6 is 0 Å². The maximum Gasteiger partial charge on any atom is 0.220 e. The zero-order chi connectivity index (χ0) is 13.5. The van der Waals surface area contributed by atoms with E-state index in [0.29, 0.717) is 13.0 Å². The average Bonchev–Trinajstić information content (AvgIpc) is 2.35. The maximum absolute atomic E-state index is 13.1. The molecule has 1 amide bonds. The Labute approximate surface area is 108 Å². The van der Waals surface area contributed by atoms with Crippen LogP contribution in [0.4, 0.5) is 4.39 Å². The lowest BCUT2D eigenvalue weighted by Crippen LogP contribution is -2.30. The Kier molecular flexibility index (Phi) is 5.78. The smallest absolute Gasteiger partial charge is 0.220 e. The molecule has 18 heavy (non-hydrogen) atoms. The van der Waals surface area contributed by atoms with E-state index < -0.39 is 0 Å². The lowest BCUT2D eigenvalue weighted by atomic mass is 10.0. The van der Waals surface area contributed by atoms with E-state index in [1.165, 1.54) is 12.1 Å². The summed E-state index contributed by atoms with van der Waals surface area (Å²) in [7, 11) is 0. The van der Waals surface area contributed by atoms with Gasteiger partial charge in [0, 0.05) is 6.42 Å². The molecule has 100 valence electrons. The van der Waals surface area contributed by atoms with Crippen LogP contribution in [0.1, 0.15) is 38.3 Å². The third kappa shape index (κ3) is 4.45. The predicted molar refractivity (Wildman–Crippen MR) is 70.4 cm³/mol. The minimum Gasteiger partial charge on any atom is -0.350 e. The third-order valence-electron chi connectivity index (χ3n) is 3.11. The van der Waals surface area contributed by atoms with E-state index in [4.69, 9.17) is 5.73 Å². The van der Waals surface area contributed by atoms with Gasteiger partial charge in [-0.3, -0.25) is 4.79 Å². The van der Waals surface area contributed by atoms with Gasteiger partial charge in [-0.1, -0.05) is 25.5 Å². The van der Waals surface area contributed by atoms with E-state index in [0.717, 1.165) is 12.0 Å². The quantitative estimate of drug-likeness (QED) is 0.816. The Balaban J connectivity index is 2.54. The fourth-order valence-electron chi connectivity index (χ4n) is 1.82. The van der Waals surface area contributed by atoms with Crippen molar-refractivity contribution in [2.45, 2.75) is 32.7 Å². The molecule has 3 nitrogen and oxygen atoms in total. The zero-order valence-electron chi connectivity index (χ0n) is 10.9. The van der Waals surface area contributed by atoms with E-state index in [1.54, 1.807) is 12.1 Å². The first kappa shape index (κ1) is 14.6. The summed E-state index contributed by atoms with van der Waals surface area (Å²) >= 11 is 0. The second-order valence-corrected chi connectivity index (χ2v) is 4.56. The summed E-state index contributed by atoms with van der Waals surface area (Å²) in [6.45, 7) is 4.37. The van der Waals surface area contributed by atoms with Crippen LogP contribution in [0, 0.1) is 11.7 Å². The number of hydrogen-bond donors (Lipinski definition) is 2. The van der Waals surface area contributed by atoms with E-state index in [-0.39, 0.29) is 23.7 Å². The topological polar surface area (TPSA) is 55.1 Å². The van der Waals surface area contributed by atoms with Gasteiger partial charge < -0.3 is 11.1 Å². The van der Waals surface area contributed by atoms with Crippen molar-refractivity contribution in [1.82, 2.24) is 5.32 Å². The van der Waals surface area contributed by atoms with Crippen LogP contribution in [0.15, 0.2) is 24.3 Å². The van der Waals surface area contributed by atoms with E-state index in [2.05, 4.69) is 5.32 Å². The number of rotatable bonds is 6. The summed E-state index contributed by atoms with van der Waals surface area (Å²) < 4.78 is 13.1. The van der Waals surface area contributed by atoms with Crippen molar-refractivity contribution >= 4 is 5.91 Å². The van der Waals surface area contributed by atoms with Gasteiger partial charge in [0.15, 0.2) is 0 Å². The average molecular weight is 252 g/mol. The van der Waals surface area contributed by atoms with Gasteiger partial charge in [0.05, 0.1) is 6.04 Å². The van der Waals surface area contributed by atoms with Gasteiger partial charge in [0.1, 0.15) is 5.82 Å². The summed E-state index contributed by atoms with van der Waals surface area (Å²) in [6.07, 6.45) is 1.31. The van der Waals surface area contributed by atoms with Gasteiger partial charge in [0.2, 0.25) is 5.91 Å². The van der Waals surface area contributed by atoms with Crippen LogP contribution in [-0.4, -0.2) is 12.5 Å². The number of carbonyl (C=O) groups is 1. The number of amides is 1. The Morgan fingerprint density at radius 1 is 1.50 bits per heavy atom. The molecule has 0 bridgehead atoms. The maximum atomic E-state index is 13.1. The van der Waals surface area contributed by atoms with Gasteiger partial charge in [-0.15, -0.1) is 0 Å². The summed E-state index contributed by atoms with van der Waals surface area (Å²) in [5.41, 5.74) is 6.33. The molecule has 3 N–H and O–H groups in total. The van der Waals surface area contributed by atoms with E-state index in [1.807, 2.05) is 13.8 Å². The molecule has 1 aromatic carbocycles. The first-order valence-corrected chi connectivity index (χ1v) is 6.31. The van der Waals surface area contributed by atoms with Crippen LogP contribution in [0.25, 0.3) is 0 Å². The van der Waals surface area contributed by atoms with Crippen molar-refractivity contribution in [1.29, 1.82) is 0 Å².